The van der Waals surface area contributed by atoms with Crippen LogP contribution in [-0.2, 0) is 4.79 Å². The molecule has 0 amide bonds. The molecule has 1 fully saturated rings. The van der Waals surface area contributed by atoms with Gasteiger partial charge in [-0.25, -0.2) is 0 Å². The fraction of sp³-hybridized carbons (Fsp3) is 0.421. The van der Waals surface area contributed by atoms with Crippen LogP contribution in [0.5, 0.6) is 5.75 Å². The number of hydrogen-bond donors (Lipinski definition) is 1. The number of piperidine rings is 1. The van der Waals surface area contributed by atoms with Crippen LogP contribution < -0.4 is 4.74 Å². The van der Waals surface area contributed by atoms with Gasteiger partial charge in [0.05, 0.1) is 17.0 Å². The van der Waals surface area contributed by atoms with Crippen molar-refractivity contribution in [1.29, 1.82) is 0 Å². The molecule has 0 bridgehead atoms. The van der Waals surface area contributed by atoms with Crippen molar-refractivity contribution in [1.82, 2.24) is 4.90 Å². The summed E-state index contributed by atoms with van der Waals surface area (Å²) < 4.78 is 7.50. The molecule has 1 saturated heterocycles. The third-order valence-corrected chi connectivity index (χ3v) is 6.37. The normalized spacial score (nSPS) is 19.3. The van der Waals surface area contributed by atoms with Crippen LogP contribution in [0, 0.1) is 0 Å². The van der Waals surface area contributed by atoms with E-state index < -0.39 is 12.0 Å². The predicted octanol–water partition coefficient (Wildman–Crippen LogP) is 5.59. The number of thiophene rings is 1. The molecule has 0 aliphatic carbocycles. The van der Waals surface area contributed by atoms with Gasteiger partial charge in [-0.2, -0.15) is 0 Å². The summed E-state index contributed by atoms with van der Waals surface area (Å²) in [5, 5.41) is 9.78. The average molecular weight is 459 g/mol. The SMILES string of the molecule is CCOc1ccc(Br)cc1C(c1ccc(Cl)s1)N1CCCCC1C(=O)O. The highest BCUT2D eigenvalue weighted by molar-refractivity contribution is 9.10. The smallest absolute Gasteiger partial charge is 0.320 e. The largest absolute Gasteiger partial charge is 0.494 e. The highest BCUT2D eigenvalue weighted by Gasteiger charge is 2.37. The van der Waals surface area contributed by atoms with Crippen molar-refractivity contribution >= 4 is 44.8 Å². The second-order valence-electron chi connectivity index (χ2n) is 6.25. The maximum atomic E-state index is 11.9. The lowest BCUT2D eigenvalue weighted by Gasteiger charge is -2.39. The van der Waals surface area contributed by atoms with Crippen LogP contribution >= 0.6 is 38.9 Å². The van der Waals surface area contributed by atoms with Crippen LogP contribution in [0.4, 0.5) is 0 Å². The lowest BCUT2D eigenvalue weighted by atomic mass is 9.95. The molecular weight excluding hydrogens is 438 g/mol. The highest BCUT2D eigenvalue weighted by Crippen LogP contribution is 2.42. The average Bonchev–Trinajstić information content (AvgIpc) is 3.04. The van der Waals surface area contributed by atoms with Crippen LogP contribution in [-0.4, -0.2) is 35.2 Å². The van der Waals surface area contributed by atoms with E-state index in [1.54, 1.807) is 0 Å². The Bertz CT molecular complexity index is 782. The Morgan fingerprint density at radius 2 is 2.23 bits per heavy atom. The van der Waals surface area contributed by atoms with Crippen molar-refractivity contribution in [2.45, 2.75) is 38.3 Å². The molecule has 26 heavy (non-hydrogen) atoms. The molecule has 0 radical (unpaired) electrons. The van der Waals surface area contributed by atoms with Crippen LogP contribution in [0.1, 0.15) is 42.7 Å². The van der Waals surface area contributed by atoms with Gasteiger partial charge in [0.2, 0.25) is 0 Å². The lowest BCUT2D eigenvalue weighted by molar-refractivity contribution is -0.145. The van der Waals surface area contributed by atoms with E-state index in [1.807, 2.05) is 37.3 Å². The van der Waals surface area contributed by atoms with Gasteiger partial charge in [-0.05, 0) is 56.6 Å². The van der Waals surface area contributed by atoms with Crippen molar-refractivity contribution in [2.75, 3.05) is 13.2 Å². The second kappa shape index (κ2) is 8.74. The molecule has 2 aromatic rings. The Balaban J connectivity index is 2.13. The Morgan fingerprint density at radius 1 is 1.42 bits per heavy atom. The summed E-state index contributed by atoms with van der Waals surface area (Å²) >= 11 is 11.2. The van der Waals surface area contributed by atoms with E-state index in [0.717, 1.165) is 40.0 Å². The molecule has 1 aliphatic heterocycles. The number of halogens is 2. The van der Waals surface area contributed by atoms with Crippen molar-refractivity contribution in [2.24, 2.45) is 0 Å². The van der Waals surface area contributed by atoms with Crippen molar-refractivity contribution < 1.29 is 14.6 Å². The molecule has 0 spiro atoms. The van der Waals surface area contributed by atoms with Gasteiger partial charge in [0.15, 0.2) is 0 Å². The highest BCUT2D eigenvalue weighted by atomic mass is 79.9. The number of carboxylic acid groups (broad SMARTS) is 1. The molecule has 7 heteroatoms. The zero-order valence-corrected chi connectivity index (χ0v) is 17.6. The first-order valence-electron chi connectivity index (χ1n) is 8.67. The van der Waals surface area contributed by atoms with E-state index in [4.69, 9.17) is 16.3 Å². The van der Waals surface area contributed by atoms with Gasteiger partial charge in [-0.1, -0.05) is 34.0 Å². The maximum Gasteiger partial charge on any atom is 0.320 e. The van der Waals surface area contributed by atoms with E-state index in [2.05, 4.69) is 20.8 Å². The second-order valence-corrected chi connectivity index (χ2v) is 8.91. The molecule has 3 rings (SSSR count). The molecule has 2 heterocycles. The summed E-state index contributed by atoms with van der Waals surface area (Å²) in [5.74, 6) is 0.00486. The van der Waals surface area contributed by atoms with Crippen molar-refractivity contribution in [3.8, 4) is 5.75 Å². The lowest BCUT2D eigenvalue weighted by Crippen LogP contribution is -2.46. The minimum absolute atomic E-state index is 0.201. The number of likely N-dealkylation sites (tertiary alicyclic amines) is 1. The topological polar surface area (TPSA) is 49.8 Å². The number of rotatable bonds is 6. The van der Waals surface area contributed by atoms with E-state index >= 15 is 0 Å². The van der Waals surface area contributed by atoms with Crippen LogP contribution in [0.3, 0.4) is 0 Å². The summed E-state index contributed by atoms with van der Waals surface area (Å²) in [7, 11) is 0. The predicted molar refractivity (Wildman–Crippen MR) is 108 cm³/mol. The van der Waals surface area contributed by atoms with Crippen LogP contribution in [0.15, 0.2) is 34.8 Å². The molecule has 1 aromatic heterocycles. The molecular formula is C19H21BrClNO3S. The number of hydrogen-bond acceptors (Lipinski definition) is 4. The Kier molecular flexibility index (Phi) is 6.61. The third-order valence-electron chi connectivity index (χ3n) is 4.59. The molecule has 2 unspecified atom stereocenters. The Labute approximate surface area is 170 Å². The van der Waals surface area contributed by atoms with Crippen molar-refractivity contribution in [3.05, 3.63) is 49.6 Å². The quantitative estimate of drug-likeness (QED) is 0.613. The Hall–Kier alpha value is -1.08. The van der Waals surface area contributed by atoms with Crippen LogP contribution in [0.2, 0.25) is 4.34 Å². The summed E-state index contributed by atoms with van der Waals surface area (Å²) in [6.45, 7) is 3.23. The number of benzene rings is 1. The van der Waals surface area contributed by atoms with Gasteiger partial charge < -0.3 is 9.84 Å². The van der Waals surface area contributed by atoms with Gasteiger partial charge in [0.25, 0.3) is 0 Å². The minimum Gasteiger partial charge on any atom is -0.494 e. The summed E-state index contributed by atoms with van der Waals surface area (Å²) in [6, 6.07) is 9.05. The summed E-state index contributed by atoms with van der Waals surface area (Å²) in [4.78, 5) is 15.0. The van der Waals surface area contributed by atoms with Crippen molar-refractivity contribution in [3.63, 3.8) is 0 Å². The van der Waals surface area contributed by atoms with Gasteiger partial charge >= 0.3 is 5.97 Å². The molecule has 1 N–H and O–H groups in total. The van der Waals surface area contributed by atoms with Gasteiger partial charge in [0.1, 0.15) is 11.8 Å². The molecule has 2 atom stereocenters. The number of aliphatic carboxylic acids is 1. The molecule has 140 valence electrons. The zero-order valence-electron chi connectivity index (χ0n) is 14.5. The number of carbonyl (C=O) groups is 1. The summed E-state index contributed by atoms with van der Waals surface area (Å²) in [6.07, 6.45) is 2.57. The van der Waals surface area contributed by atoms with E-state index in [9.17, 15) is 9.90 Å². The zero-order chi connectivity index (χ0) is 18.7. The monoisotopic (exact) mass is 457 g/mol. The first-order valence-corrected chi connectivity index (χ1v) is 10.7. The summed E-state index contributed by atoms with van der Waals surface area (Å²) in [5.41, 5.74) is 0.966. The van der Waals surface area contributed by atoms with E-state index in [1.165, 1.54) is 11.3 Å². The number of ether oxygens (including phenoxy) is 1. The molecule has 1 aromatic carbocycles. The fourth-order valence-electron chi connectivity index (χ4n) is 3.52. The fourth-order valence-corrected chi connectivity index (χ4v) is 5.10. The van der Waals surface area contributed by atoms with Gasteiger partial charge in [-0.15, -0.1) is 11.3 Å². The van der Waals surface area contributed by atoms with Gasteiger partial charge in [0, 0.05) is 14.9 Å². The third kappa shape index (κ3) is 4.25. The van der Waals surface area contributed by atoms with Gasteiger partial charge in [-0.3, -0.25) is 9.69 Å². The first kappa shape index (κ1) is 19.7. The Morgan fingerprint density at radius 3 is 2.88 bits per heavy atom. The molecule has 4 nitrogen and oxygen atoms in total. The van der Waals surface area contributed by atoms with E-state index in [-0.39, 0.29) is 6.04 Å². The molecule has 0 saturated carbocycles. The number of carboxylic acids is 1. The standard InChI is InChI=1S/C19H21BrClNO3S/c1-2-25-15-7-6-12(20)11-13(15)18(16-8-9-17(21)26-16)22-10-4-3-5-14(22)19(23)24/h6-9,11,14,18H,2-5,10H2,1H3,(H,23,24). The molecule has 1 aliphatic rings. The first-order chi connectivity index (χ1) is 12.5. The minimum atomic E-state index is -0.773. The van der Waals surface area contributed by atoms with E-state index in [0.29, 0.717) is 17.4 Å². The van der Waals surface area contributed by atoms with Crippen LogP contribution in [0.25, 0.3) is 0 Å². The maximum absolute atomic E-state index is 11.9. The number of nitrogens with zero attached hydrogens (tertiary/aromatic N) is 1.